The van der Waals surface area contributed by atoms with Crippen molar-refractivity contribution >= 4 is 0 Å². The van der Waals surface area contributed by atoms with Crippen molar-refractivity contribution in [3.8, 4) is 16.9 Å². The standard InChI is InChI=1S/C23H16F7N5O2/c24-16-4-7-18(19(25)9-16)21(36,11-35-13-32-33-34-35)23(29,30)20-8-3-15(10-31-20)14-1-5-17(6-2-14)37-12-22(26,27)28/h1-10,13,36H,11-12H2/i11D2. The number of pyridine rings is 1. The lowest BCUT2D eigenvalue weighted by Gasteiger charge is -2.35. The van der Waals surface area contributed by atoms with E-state index >= 15 is 8.78 Å². The Hall–Kier alpha value is -4.07. The summed E-state index contributed by atoms with van der Waals surface area (Å²) in [6, 6.07) is 8.24. The van der Waals surface area contributed by atoms with Crippen LogP contribution >= 0.6 is 0 Å². The van der Waals surface area contributed by atoms with E-state index in [-0.39, 0.29) is 22.1 Å². The first-order valence-electron chi connectivity index (χ1n) is 11.2. The number of alkyl halides is 5. The third-order valence-electron chi connectivity index (χ3n) is 5.08. The maximum Gasteiger partial charge on any atom is 0.422 e. The summed E-state index contributed by atoms with van der Waals surface area (Å²) in [5.74, 6) is -7.60. The van der Waals surface area contributed by atoms with Crippen molar-refractivity contribution in [1.82, 2.24) is 25.2 Å². The molecule has 1 unspecified atom stereocenters. The van der Waals surface area contributed by atoms with E-state index in [4.69, 9.17) is 2.74 Å². The molecular formula is C23H16F7N5O2. The van der Waals surface area contributed by atoms with Crippen LogP contribution in [-0.2, 0) is 18.0 Å². The molecule has 0 aliphatic heterocycles. The first-order chi connectivity index (χ1) is 18.2. The van der Waals surface area contributed by atoms with Gasteiger partial charge in [0.25, 0.3) is 0 Å². The molecule has 0 aliphatic rings. The molecule has 37 heavy (non-hydrogen) atoms. The van der Waals surface area contributed by atoms with Gasteiger partial charge in [0.2, 0.25) is 0 Å². The number of hydrogen-bond donors (Lipinski definition) is 1. The Kier molecular flexibility index (Phi) is 6.16. The van der Waals surface area contributed by atoms with Gasteiger partial charge < -0.3 is 9.84 Å². The van der Waals surface area contributed by atoms with Gasteiger partial charge in [0.15, 0.2) is 12.2 Å². The molecule has 7 nitrogen and oxygen atoms in total. The quantitative estimate of drug-likeness (QED) is 0.335. The molecule has 0 saturated heterocycles. The van der Waals surface area contributed by atoms with Crippen LogP contribution in [0.5, 0.6) is 5.75 Å². The van der Waals surface area contributed by atoms with Gasteiger partial charge in [0.05, 0.1) is 9.24 Å². The van der Waals surface area contributed by atoms with E-state index in [1.807, 2.05) is 0 Å². The van der Waals surface area contributed by atoms with E-state index in [0.717, 1.165) is 18.3 Å². The Morgan fingerprint density at radius 3 is 2.22 bits per heavy atom. The minimum Gasteiger partial charge on any atom is -0.484 e. The predicted octanol–water partition coefficient (Wildman–Crippen LogP) is 4.63. The molecule has 2 aromatic heterocycles. The van der Waals surface area contributed by atoms with Crippen LogP contribution in [0.1, 0.15) is 14.0 Å². The van der Waals surface area contributed by atoms with E-state index in [1.165, 1.54) is 24.3 Å². The zero-order valence-electron chi connectivity index (χ0n) is 20.3. The van der Waals surface area contributed by atoms with E-state index in [1.54, 1.807) is 0 Å². The summed E-state index contributed by atoms with van der Waals surface area (Å²) in [6.45, 7) is -5.11. The molecule has 2 heterocycles. The second-order valence-corrected chi connectivity index (χ2v) is 7.64. The van der Waals surface area contributed by atoms with Crippen molar-refractivity contribution < 1.29 is 43.3 Å². The maximum atomic E-state index is 16.0. The summed E-state index contributed by atoms with van der Waals surface area (Å²) in [5, 5.41) is 20.9. The Morgan fingerprint density at radius 1 is 0.946 bits per heavy atom. The summed E-state index contributed by atoms with van der Waals surface area (Å²) < 4.78 is 119. The highest BCUT2D eigenvalue weighted by Crippen LogP contribution is 2.46. The number of rotatable bonds is 8. The Balaban J connectivity index is 1.72. The van der Waals surface area contributed by atoms with Gasteiger partial charge >= 0.3 is 12.1 Å². The van der Waals surface area contributed by atoms with Crippen molar-refractivity contribution in [3.05, 3.63) is 90.0 Å². The first-order valence-corrected chi connectivity index (χ1v) is 10.2. The number of tetrazole rings is 1. The van der Waals surface area contributed by atoms with Gasteiger partial charge in [-0.25, -0.2) is 13.5 Å². The Labute approximate surface area is 207 Å². The molecule has 1 atom stereocenters. The lowest BCUT2D eigenvalue weighted by Crippen LogP contribution is -2.48. The zero-order chi connectivity index (χ0) is 28.6. The molecule has 194 valence electrons. The topological polar surface area (TPSA) is 86.0 Å². The maximum absolute atomic E-state index is 16.0. The molecule has 4 aromatic rings. The molecule has 1 N–H and O–H groups in total. The number of benzene rings is 2. The Bertz CT molecular complexity index is 1440. The SMILES string of the molecule is [2H]C([2H])(n1cnnn1)C(O)(c1ccc(F)cc1F)C(F)(F)c1ccc(-c2ccc(OCC(F)(F)F)cc2)cn1. The second kappa shape index (κ2) is 9.76. The summed E-state index contributed by atoms with van der Waals surface area (Å²) >= 11 is 0. The molecule has 2 aromatic carbocycles. The molecule has 14 heteroatoms. The molecule has 0 aliphatic carbocycles. The monoisotopic (exact) mass is 529 g/mol. The average molecular weight is 529 g/mol. The van der Waals surface area contributed by atoms with Crippen LogP contribution in [0.2, 0.25) is 0 Å². The highest BCUT2D eigenvalue weighted by Gasteiger charge is 2.58. The van der Waals surface area contributed by atoms with Gasteiger partial charge in [-0.1, -0.05) is 18.2 Å². The predicted molar refractivity (Wildman–Crippen MR) is 113 cm³/mol. The number of hydrogen-bond acceptors (Lipinski definition) is 6. The van der Waals surface area contributed by atoms with Gasteiger partial charge in [-0.2, -0.15) is 22.0 Å². The van der Waals surface area contributed by atoms with E-state index in [2.05, 4.69) is 25.2 Å². The summed E-state index contributed by atoms with van der Waals surface area (Å²) in [6.07, 6.45) is -3.02. The van der Waals surface area contributed by atoms with Crippen molar-refractivity contribution in [1.29, 1.82) is 0 Å². The van der Waals surface area contributed by atoms with Crippen LogP contribution in [0.3, 0.4) is 0 Å². The first kappa shape index (κ1) is 23.3. The fourth-order valence-corrected chi connectivity index (χ4v) is 3.31. The van der Waals surface area contributed by atoms with Crippen LogP contribution < -0.4 is 4.74 Å². The van der Waals surface area contributed by atoms with E-state index in [9.17, 15) is 27.1 Å². The highest BCUT2D eigenvalue weighted by molar-refractivity contribution is 5.63. The van der Waals surface area contributed by atoms with Crippen LogP contribution in [0, 0.1) is 11.6 Å². The minimum absolute atomic E-state index is 0.0941. The second-order valence-electron chi connectivity index (χ2n) is 7.64. The molecular weight excluding hydrogens is 511 g/mol. The molecule has 0 spiro atoms. The fraction of sp³-hybridized carbons (Fsp3) is 0.217. The van der Waals surface area contributed by atoms with Gasteiger partial charge in [-0.15, -0.1) is 5.10 Å². The molecule has 0 radical (unpaired) electrons. The van der Waals surface area contributed by atoms with Crippen LogP contribution in [0.4, 0.5) is 30.7 Å². The molecule has 4 rings (SSSR count). The number of halogens is 7. The van der Waals surface area contributed by atoms with Gasteiger partial charge in [0, 0.05) is 23.4 Å². The third-order valence-corrected chi connectivity index (χ3v) is 5.08. The minimum atomic E-state index is -4.67. The number of ether oxygens (including phenoxy) is 1. The number of nitrogens with zero attached hydrogens (tertiary/aromatic N) is 5. The summed E-state index contributed by atoms with van der Waals surface area (Å²) in [4.78, 5) is 3.64. The lowest BCUT2D eigenvalue weighted by atomic mass is 9.84. The van der Waals surface area contributed by atoms with Crippen LogP contribution in [-0.4, -0.2) is 43.1 Å². The van der Waals surface area contributed by atoms with Gasteiger partial charge in [-0.05, 0) is 46.3 Å². The average Bonchev–Trinajstić information content (AvgIpc) is 3.43. The van der Waals surface area contributed by atoms with Crippen LogP contribution in [0.25, 0.3) is 11.1 Å². The molecule has 0 fully saturated rings. The summed E-state index contributed by atoms with van der Waals surface area (Å²) in [5.41, 5.74) is -5.98. The number of aliphatic hydroxyl groups is 1. The molecule has 0 amide bonds. The zero-order valence-corrected chi connectivity index (χ0v) is 18.3. The number of aromatic nitrogens is 5. The third kappa shape index (κ3) is 5.53. The van der Waals surface area contributed by atoms with Crippen molar-refractivity contribution in [2.45, 2.75) is 24.2 Å². The smallest absolute Gasteiger partial charge is 0.422 e. The van der Waals surface area contributed by atoms with Crippen molar-refractivity contribution in [3.63, 3.8) is 0 Å². The van der Waals surface area contributed by atoms with Crippen molar-refractivity contribution in [2.24, 2.45) is 0 Å². The lowest BCUT2D eigenvalue weighted by molar-refractivity contribution is -0.207. The molecule has 0 bridgehead atoms. The normalized spacial score (nSPS) is 15.0. The Morgan fingerprint density at radius 2 is 1.65 bits per heavy atom. The fourth-order valence-electron chi connectivity index (χ4n) is 3.31. The van der Waals surface area contributed by atoms with E-state index in [0.29, 0.717) is 24.0 Å². The van der Waals surface area contributed by atoms with Crippen molar-refractivity contribution in [2.75, 3.05) is 6.61 Å². The largest absolute Gasteiger partial charge is 0.484 e. The van der Waals surface area contributed by atoms with Gasteiger partial charge in [-0.3, -0.25) is 4.98 Å². The highest BCUT2D eigenvalue weighted by atomic mass is 19.4. The van der Waals surface area contributed by atoms with Crippen LogP contribution in [0.15, 0.2) is 67.1 Å². The van der Waals surface area contributed by atoms with E-state index < -0.39 is 53.7 Å². The van der Waals surface area contributed by atoms with Gasteiger partial charge in [0.1, 0.15) is 29.4 Å². The molecule has 0 saturated carbocycles. The summed E-state index contributed by atoms with van der Waals surface area (Å²) in [7, 11) is 0.